The highest BCUT2D eigenvalue weighted by molar-refractivity contribution is 7.59. The lowest BCUT2D eigenvalue weighted by Crippen LogP contribution is -2.23. The first-order valence-corrected chi connectivity index (χ1v) is 17.8. The molecule has 0 spiro atoms. The molecule has 30 heavy (non-hydrogen) atoms. The summed E-state index contributed by atoms with van der Waals surface area (Å²) in [6.45, 7) is 0. The number of unbranched alkanes of at least 4 members (excludes halogenated alkanes) is 1. The molecule has 0 amide bonds. The van der Waals surface area contributed by atoms with Crippen LogP contribution in [-0.2, 0) is 0 Å². The second-order valence-electron chi connectivity index (χ2n) is 11.4. The topological polar surface area (TPSA) is 0 Å². The Balaban J connectivity index is 1.28. The maximum absolute atomic E-state index is 1.67. The van der Waals surface area contributed by atoms with Gasteiger partial charge < -0.3 is 0 Å². The lowest BCUT2D eigenvalue weighted by Gasteiger charge is -2.40. The summed E-state index contributed by atoms with van der Waals surface area (Å²) in [5, 5.41) is 0. The summed E-state index contributed by atoms with van der Waals surface area (Å²) < 4.78 is 0. The van der Waals surface area contributed by atoms with Gasteiger partial charge in [-0.15, -0.1) is 15.8 Å². The SMILES string of the molecule is C1CCC(P(CCCCP(C2CCCCC2)C2CCCCC2)C2CCCCC2)CC1. The highest BCUT2D eigenvalue weighted by atomic mass is 31.1. The number of hydrogen-bond donors (Lipinski definition) is 0. The monoisotopic (exact) mass is 450 g/mol. The zero-order valence-corrected chi connectivity index (χ0v) is 22.0. The maximum Gasteiger partial charge on any atom is -0.0207 e. The average Bonchev–Trinajstić information content (AvgIpc) is 2.84. The van der Waals surface area contributed by atoms with E-state index in [4.69, 9.17) is 0 Å². The lowest BCUT2D eigenvalue weighted by molar-refractivity contribution is 0.482. The largest absolute Gasteiger partial charge is 0.100 e. The molecular weight excluding hydrogens is 398 g/mol. The van der Waals surface area contributed by atoms with Crippen LogP contribution in [-0.4, -0.2) is 35.0 Å². The molecule has 2 heteroatoms. The molecular formula is C28H52P2. The van der Waals surface area contributed by atoms with Gasteiger partial charge in [0.15, 0.2) is 0 Å². The number of rotatable bonds is 9. The summed E-state index contributed by atoms with van der Waals surface area (Å²) in [5.41, 5.74) is 4.70. The third kappa shape index (κ3) is 7.18. The first kappa shape index (κ1) is 24.0. The van der Waals surface area contributed by atoms with Crippen molar-refractivity contribution in [1.82, 2.24) is 0 Å². The van der Waals surface area contributed by atoms with Crippen molar-refractivity contribution in [2.75, 3.05) is 12.3 Å². The van der Waals surface area contributed by atoms with Crippen molar-refractivity contribution < 1.29 is 0 Å². The van der Waals surface area contributed by atoms with E-state index in [1.165, 1.54) is 48.3 Å². The molecule has 0 aromatic carbocycles. The van der Waals surface area contributed by atoms with Gasteiger partial charge >= 0.3 is 0 Å². The lowest BCUT2D eigenvalue weighted by atomic mass is 9.99. The summed E-state index contributed by atoms with van der Waals surface area (Å²) >= 11 is 0. The molecule has 0 aromatic heterocycles. The normalized spacial score (nSPS) is 26.6. The van der Waals surface area contributed by atoms with E-state index in [1.54, 1.807) is 128 Å². The van der Waals surface area contributed by atoms with Crippen LogP contribution in [0.5, 0.6) is 0 Å². The van der Waals surface area contributed by atoms with Gasteiger partial charge in [-0.3, -0.25) is 0 Å². The Kier molecular flexibility index (Phi) is 10.8. The van der Waals surface area contributed by atoms with Gasteiger partial charge in [0.1, 0.15) is 0 Å². The van der Waals surface area contributed by atoms with Crippen molar-refractivity contribution in [2.45, 2.75) is 164 Å². The zero-order chi connectivity index (χ0) is 20.4. The van der Waals surface area contributed by atoms with Gasteiger partial charge in [0, 0.05) is 0 Å². The van der Waals surface area contributed by atoms with Gasteiger partial charge in [0.05, 0.1) is 0 Å². The Labute approximate surface area is 192 Å². The van der Waals surface area contributed by atoms with E-state index in [0.717, 1.165) is 0 Å². The Morgan fingerprint density at radius 3 is 0.800 bits per heavy atom. The van der Waals surface area contributed by atoms with E-state index in [-0.39, 0.29) is 0 Å². The molecule has 4 saturated carbocycles. The molecule has 0 atom stereocenters. The van der Waals surface area contributed by atoms with E-state index >= 15 is 0 Å². The van der Waals surface area contributed by atoms with Crippen LogP contribution >= 0.6 is 15.8 Å². The van der Waals surface area contributed by atoms with Crippen molar-refractivity contribution in [3.05, 3.63) is 0 Å². The minimum atomic E-state index is 0.350. The predicted octanol–water partition coefficient (Wildman–Crippen LogP) is 10.1. The fourth-order valence-corrected chi connectivity index (χ4v) is 15.5. The summed E-state index contributed by atoms with van der Waals surface area (Å²) in [4.78, 5) is 0. The van der Waals surface area contributed by atoms with Crippen molar-refractivity contribution >= 4 is 15.8 Å². The fourth-order valence-electron chi connectivity index (χ4n) is 7.57. The van der Waals surface area contributed by atoms with Crippen LogP contribution in [0.1, 0.15) is 141 Å². The Morgan fingerprint density at radius 1 is 0.333 bits per heavy atom. The molecule has 4 aliphatic carbocycles. The summed E-state index contributed by atoms with van der Waals surface area (Å²) in [7, 11) is 0.701. The van der Waals surface area contributed by atoms with E-state index in [2.05, 4.69) is 0 Å². The van der Waals surface area contributed by atoms with Gasteiger partial charge in [-0.1, -0.05) is 77.0 Å². The highest BCUT2D eigenvalue weighted by Gasteiger charge is 2.32. The highest BCUT2D eigenvalue weighted by Crippen LogP contribution is 2.58. The van der Waals surface area contributed by atoms with Crippen LogP contribution in [0.2, 0.25) is 0 Å². The van der Waals surface area contributed by atoms with E-state index in [9.17, 15) is 0 Å². The standard InChI is InChI=1S/C28H52P2/c1-5-15-25(16-6-1)29(26-17-7-2-8-18-26)23-13-14-24-30(27-19-9-3-10-20-27)28-21-11-4-12-22-28/h25-28H,1-24H2. The molecule has 4 fully saturated rings. The van der Waals surface area contributed by atoms with Crippen LogP contribution < -0.4 is 0 Å². The van der Waals surface area contributed by atoms with Crippen molar-refractivity contribution in [3.8, 4) is 0 Å². The van der Waals surface area contributed by atoms with Gasteiger partial charge in [-0.2, -0.15) is 0 Å². The molecule has 0 radical (unpaired) electrons. The molecule has 0 saturated heterocycles. The van der Waals surface area contributed by atoms with Crippen LogP contribution in [0.3, 0.4) is 0 Å². The Hall–Kier alpha value is 0.860. The van der Waals surface area contributed by atoms with E-state index in [0.29, 0.717) is 15.8 Å². The van der Waals surface area contributed by atoms with E-state index in [1.807, 2.05) is 0 Å². The van der Waals surface area contributed by atoms with Gasteiger partial charge in [-0.05, 0) is 99.2 Å². The molecule has 4 rings (SSSR count). The molecule has 0 bridgehead atoms. The second kappa shape index (κ2) is 13.5. The maximum atomic E-state index is 1.67. The molecule has 174 valence electrons. The predicted molar refractivity (Wildman–Crippen MR) is 140 cm³/mol. The minimum absolute atomic E-state index is 0.350. The van der Waals surface area contributed by atoms with Gasteiger partial charge in [-0.25, -0.2) is 0 Å². The summed E-state index contributed by atoms with van der Waals surface area (Å²) in [6, 6.07) is 0. The second-order valence-corrected chi connectivity index (χ2v) is 17.2. The smallest absolute Gasteiger partial charge is 0.0207 e. The summed E-state index contributed by atoms with van der Waals surface area (Å²) in [5.74, 6) is 0. The average molecular weight is 451 g/mol. The van der Waals surface area contributed by atoms with Crippen LogP contribution in [0, 0.1) is 0 Å². The van der Waals surface area contributed by atoms with E-state index < -0.39 is 0 Å². The van der Waals surface area contributed by atoms with Crippen molar-refractivity contribution in [1.29, 1.82) is 0 Å². The van der Waals surface area contributed by atoms with Gasteiger partial charge in [0.25, 0.3) is 0 Å². The molecule has 0 N–H and O–H groups in total. The third-order valence-electron chi connectivity index (χ3n) is 9.26. The molecule has 0 heterocycles. The Bertz CT molecular complexity index is 362. The number of hydrogen-bond acceptors (Lipinski definition) is 0. The fraction of sp³-hybridized carbons (Fsp3) is 1.00. The minimum Gasteiger partial charge on any atom is -0.100 e. The first-order chi connectivity index (χ1) is 14.9. The zero-order valence-electron chi connectivity index (χ0n) is 20.2. The third-order valence-corrected chi connectivity index (χ3v) is 16.7. The van der Waals surface area contributed by atoms with Crippen LogP contribution in [0.4, 0.5) is 0 Å². The molecule has 0 aliphatic heterocycles. The van der Waals surface area contributed by atoms with Crippen molar-refractivity contribution in [3.63, 3.8) is 0 Å². The summed E-state index contributed by atoms with van der Waals surface area (Å²) in [6.07, 6.45) is 38.1. The molecule has 4 aliphatic rings. The molecule has 0 nitrogen and oxygen atoms in total. The molecule has 0 aromatic rings. The van der Waals surface area contributed by atoms with Crippen molar-refractivity contribution in [2.24, 2.45) is 0 Å². The van der Waals surface area contributed by atoms with Crippen LogP contribution in [0.15, 0.2) is 0 Å². The Morgan fingerprint density at radius 2 is 0.567 bits per heavy atom. The molecule has 0 unspecified atom stereocenters. The van der Waals surface area contributed by atoms with Crippen LogP contribution in [0.25, 0.3) is 0 Å². The quantitative estimate of drug-likeness (QED) is 0.242. The van der Waals surface area contributed by atoms with Gasteiger partial charge in [0.2, 0.25) is 0 Å². The first-order valence-electron chi connectivity index (χ1n) is 14.4.